The summed E-state index contributed by atoms with van der Waals surface area (Å²) < 4.78 is 37.9. The van der Waals surface area contributed by atoms with Crippen molar-refractivity contribution in [2.45, 2.75) is 24.8 Å². The number of aromatic nitrogens is 1. The number of esters is 2. The number of piperidine rings is 1. The standard InChI is InChI=1S/C15H22N2O6S/c1-4-23-14(18)11-6-5-9-17(10-11)24(20,21)13-8-7-12(16(13)2)15(19)22-3/h7-8,11H,4-6,9-10H2,1-3H3. The van der Waals surface area contributed by atoms with Crippen molar-refractivity contribution in [2.24, 2.45) is 13.0 Å². The van der Waals surface area contributed by atoms with Gasteiger partial charge < -0.3 is 14.0 Å². The smallest absolute Gasteiger partial charge is 0.354 e. The molecule has 1 fully saturated rings. The summed E-state index contributed by atoms with van der Waals surface area (Å²) in [5.41, 5.74) is 0.148. The Morgan fingerprint density at radius 2 is 2.04 bits per heavy atom. The van der Waals surface area contributed by atoms with E-state index in [9.17, 15) is 18.0 Å². The van der Waals surface area contributed by atoms with E-state index in [4.69, 9.17) is 4.74 Å². The van der Waals surface area contributed by atoms with Crippen LogP contribution in [0.2, 0.25) is 0 Å². The van der Waals surface area contributed by atoms with Crippen molar-refractivity contribution in [1.82, 2.24) is 8.87 Å². The van der Waals surface area contributed by atoms with Crippen molar-refractivity contribution < 1.29 is 27.5 Å². The van der Waals surface area contributed by atoms with Gasteiger partial charge in [-0.2, -0.15) is 4.31 Å². The first kappa shape index (κ1) is 18.5. The lowest BCUT2D eigenvalue weighted by molar-refractivity contribution is -0.149. The predicted molar refractivity (Wildman–Crippen MR) is 84.9 cm³/mol. The monoisotopic (exact) mass is 358 g/mol. The number of nitrogens with zero attached hydrogens (tertiary/aromatic N) is 2. The Kier molecular flexibility index (Phi) is 5.66. The first-order valence-corrected chi connectivity index (χ1v) is 9.17. The van der Waals surface area contributed by atoms with Crippen LogP contribution in [-0.2, 0) is 31.3 Å². The van der Waals surface area contributed by atoms with E-state index < -0.39 is 21.9 Å². The van der Waals surface area contributed by atoms with Crippen LogP contribution in [-0.4, -0.2) is 56.0 Å². The highest BCUT2D eigenvalue weighted by Crippen LogP contribution is 2.25. The van der Waals surface area contributed by atoms with Crippen LogP contribution < -0.4 is 0 Å². The van der Waals surface area contributed by atoms with Gasteiger partial charge in [-0.15, -0.1) is 0 Å². The second kappa shape index (κ2) is 7.35. The number of hydrogen-bond acceptors (Lipinski definition) is 6. The van der Waals surface area contributed by atoms with Gasteiger partial charge in [0.05, 0.1) is 19.6 Å². The lowest BCUT2D eigenvalue weighted by Crippen LogP contribution is -2.43. The molecule has 24 heavy (non-hydrogen) atoms. The number of sulfonamides is 1. The van der Waals surface area contributed by atoms with Gasteiger partial charge in [-0.1, -0.05) is 0 Å². The van der Waals surface area contributed by atoms with Crippen molar-refractivity contribution in [1.29, 1.82) is 0 Å². The first-order valence-electron chi connectivity index (χ1n) is 7.73. The Bertz CT molecular complexity index is 724. The van der Waals surface area contributed by atoms with Crippen molar-refractivity contribution >= 4 is 22.0 Å². The minimum atomic E-state index is -3.81. The fourth-order valence-corrected chi connectivity index (χ4v) is 4.50. The van der Waals surface area contributed by atoms with E-state index in [0.717, 1.165) is 0 Å². The van der Waals surface area contributed by atoms with E-state index in [1.54, 1.807) is 6.92 Å². The molecule has 1 aliphatic rings. The highest BCUT2D eigenvalue weighted by atomic mass is 32.2. The summed E-state index contributed by atoms with van der Waals surface area (Å²) in [5, 5.41) is -0.00703. The van der Waals surface area contributed by atoms with Gasteiger partial charge in [0.1, 0.15) is 5.69 Å². The average molecular weight is 358 g/mol. The molecule has 0 bridgehead atoms. The fourth-order valence-electron chi connectivity index (χ4n) is 2.81. The molecule has 9 heteroatoms. The first-order chi connectivity index (χ1) is 11.3. The minimum absolute atomic E-state index is 0.00703. The van der Waals surface area contributed by atoms with Crippen molar-refractivity contribution in [3.8, 4) is 0 Å². The number of rotatable bonds is 5. The fraction of sp³-hybridized carbons (Fsp3) is 0.600. The van der Waals surface area contributed by atoms with E-state index in [1.165, 1.54) is 35.2 Å². The highest BCUT2D eigenvalue weighted by molar-refractivity contribution is 7.89. The van der Waals surface area contributed by atoms with E-state index in [-0.39, 0.29) is 29.8 Å². The molecule has 1 unspecified atom stereocenters. The molecule has 1 aliphatic heterocycles. The molecule has 0 spiro atoms. The van der Waals surface area contributed by atoms with Gasteiger partial charge in [-0.25, -0.2) is 13.2 Å². The van der Waals surface area contributed by atoms with Crippen LogP contribution in [0.4, 0.5) is 0 Å². The quantitative estimate of drug-likeness (QED) is 0.722. The number of ether oxygens (including phenoxy) is 2. The second-order valence-corrected chi connectivity index (χ2v) is 7.45. The zero-order chi connectivity index (χ0) is 17.9. The molecule has 0 N–H and O–H groups in total. The molecule has 0 amide bonds. The van der Waals surface area contributed by atoms with Gasteiger partial charge in [0, 0.05) is 20.1 Å². The van der Waals surface area contributed by atoms with Crippen LogP contribution in [0.15, 0.2) is 17.2 Å². The Balaban J connectivity index is 2.25. The molecule has 1 aromatic heterocycles. The number of carbonyl (C=O) groups is 2. The maximum atomic E-state index is 12.9. The van der Waals surface area contributed by atoms with E-state index in [0.29, 0.717) is 19.4 Å². The average Bonchev–Trinajstić information content (AvgIpc) is 2.96. The van der Waals surface area contributed by atoms with Gasteiger partial charge in [0.2, 0.25) is 0 Å². The van der Waals surface area contributed by atoms with Crippen LogP contribution in [0.3, 0.4) is 0 Å². The number of carbonyl (C=O) groups excluding carboxylic acids is 2. The van der Waals surface area contributed by atoms with Crippen LogP contribution in [0.25, 0.3) is 0 Å². The maximum Gasteiger partial charge on any atom is 0.354 e. The molecule has 0 saturated carbocycles. The van der Waals surface area contributed by atoms with E-state index in [1.807, 2.05) is 0 Å². The van der Waals surface area contributed by atoms with Crippen LogP contribution in [0, 0.1) is 5.92 Å². The third-order valence-electron chi connectivity index (χ3n) is 4.08. The van der Waals surface area contributed by atoms with Crippen molar-refractivity contribution in [3.05, 3.63) is 17.8 Å². The summed E-state index contributed by atoms with van der Waals surface area (Å²) in [6, 6.07) is 2.78. The largest absolute Gasteiger partial charge is 0.466 e. The van der Waals surface area contributed by atoms with Gasteiger partial charge >= 0.3 is 11.9 Å². The van der Waals surface area contributed by atoms with Crippen LogP contribution in [0.1, 0.15) is 30.3 Å². The lowest BCUT2D eigenvalue weighted by atomic mass is 10.0. The summed E-state index contributed by atoms with van der Waals surface area (Å²) >= 11 is 0. The van der Waals surface area contributed by atoms with Crippen LogP contribution in [0.5, 0.6) is 0 Å². The molecule has 0 aromatic carbocycles. The predicted octanol–water partition coefficient (Wildman–Crippen LogP) is 0.775. The summed E-state index contributed by atoms with van der Waals surface area (Å²) in [6.45, 7) is 2.40. The SMILES string of the molecule is CCOC(=O)C1CCCN(S(=O)(=O)c2ccc(C(=O)OC)n2C)C1. The maximum absolute atomic E-state index is 12.9. The summed E-state index contributed by atoms with van der Waals surface area (Å²) in [7, 11) is -1.09. The number of methoxy groups -OCH3 is 1. The molecular formula is C15H22N2O6S. The zero-order valence-electron chi connectivity index (χ0n) is 14.0. The summed E-state index contributed by atoms with van der Waals surface area (Å²) in [4.78, 5) is 23.5. The molecule has 0 aliphatic carbocycles. The van der Waals surface area contributed by atoms with E-state index >= 15 is 0 Å². The zero-order valence-corrected chi connectivity index (χ0v) is 14.8. The molecule has 134 valence electrons. The van der Waals surface area contributed by atoms with Gasteiger partial charge in [0.15, 0.2) is 5.03 Å². The van der Waals surface area contributed by atoms with Gasteiger partial charge in [-0.05, 0) is 31.9 Å². The summed E-state index contributed by atoms with van der Waals surface area (Å²) in [6.07, 6.45) is 1.18. The minimum Gasteiger partial charge on any atom is -0.466 e. The Morgan fingerprint density at radius 3 is 2.67 bits per heavy atom. The van der Waals surface area contributed by atoms with Gasteiger partial charge in [-0.3, -0.25) is 4.79 Å². The molecule has 2 rings (SSSR count). The molecule has 1 atom stereocenters. The third kappa shape index (κ3) is 3.46. The molecule has 1 saturated heterocycles. The Labute approximate surface area is 141 Å². The highest BCUT2D eigenvalue weighted by Gasteiger charge is 2.35. The van der Waals surface area contributed by atoms with E-state index in [2.05, 4.69) is 4.74 Å². The topological polar surface area (TPSA) is 94.9 Å². The number of hydrogen-bond donors (Lipinski definition) is 0. The third-order valence-corrected chi connectivity index (χ3v) is 6.03. The molecule has 2 heterocycles. The molecule has 1 aromatic rings. The van der Waals surface area contributed by atoms with Crippen molar-refractivity contribution in [3.63, 3.8) is 0 Å². The lowest BCUT2D eigenvalue weighted by Gasteiger charge is -2.30. The van der Waals surface area contributed by atoms with Crippen molar-refractivity contribution in [2.75, 3.05) is 26.8 Å². The molecular weight excluding hydrogens is 336 g/mol. The Morgan fingerprint density at radius 1 is 1.33 bits per heavy atom. The molecule has 8 nitrogen and oxygen atoms in total. The van der Waals surface area contributed by atoms with Crippen LogP contribution >= 0.6 is 0 Å². The normalized spacial score (nSPS) is 19.0. The second-order valence-electron chi connectivity index (χ2n) is 5.56. The molecule has 0 radical (unpaired) electrons. The van der Waals surface area contributed by atoms with Gasteiger partial charge in [0.25, 0.3) is 10.0 Å². The summed E-state index contributed by atoms with van der Waals surface area (Å²) in [5.74, 6) is -1.45. The Hall–Kier alpha value is -1.87.